The molecule has 1 saturated heterocycles. The van der Waals surface area contributed by atoms with Crippen molar-refractivity contribution >= 4 is 17.2 Å². The van der Waals surface area contributed by atoms with Gasteiger partial charge in [-0.05, 0) is 36.8 Å². The third-order valence-electron chi connectivity index (χ3n) is 3.67. The summed E-state index contributed by atoms with van der Waals surface area (Å²) < 4.78 is 5.04. The second-order valence-electron chi connectivity index (χ2n) is 5.19. The first kappa shape index (κ1) is 13.3. The van der Waals surface area contributed by atoms with Crippen molar-refractivity contribution in [3.8, 4) is 0 Å². The average molecular weight is 291 g/mol. The number of likely N-dealkylation sites (tertiary alicyclic amines) is 1. The molecule has 20 heavy (non-hydrogen) atoms. The molecule has 2 aromatic rings. The summed E-state index contributed by atoms with van der Waals surface area (Å²) in [5.74, 6) is 1.62. The fourth-order valence-corrected chi connectivity index (χ4v) is 3.48. The van der Waals surface area contributed by atoms with Crippen LogP contribution in [0.5, 0.6) is 0 Å². The highest BCUT2D eigenvalue weighted by Gasteiger charge is 2.29. The number of aromatic nitrogens is 2. The van der Waals surface area contributed by atoms with E-state index in [1.807, 2.05) is 23.3 Å². The first-order valence-corrected chi connectivity index (χ1v) is 7.66. The van der Waals surface area contributed by atoms with Crippen LogP contribution in [-0.4, -0.2) is 34.0 Å². The van der Waals surface area contributed by atoms with Crippen molar-refractivity contribution in [1.82, 2.24) is 15.0 Å². The van der Waals surface area contributed by atoms with E-state index < -0.39 is 0 Å². The Morgan fingerprint density at radius 3 is 3.00 bits per heavy atom. The number of carbonyl (C=O) groups is 1. The van der Waals surface area contributed by atoms with E-state index in [0.29, 0.717) is 12.4 Å². The number of aryl methyl sites for hydroxylation is 2. The van der Waals surface area contributed by atoms with Crippen LogP contribution in [0, 0.1) is 13.8 Å². The number of rotatable bonds is 2. The number of hydrogen-bond donors (Lipinski definition) is 0. The van der Waals surface area contributed by atoms with Gasteiger partial charge >= 0.3 is 0 Å². The van der Waals surface area contributed by atoms with Crippen LogP contribution < -0.4 is 0 Å². The molecule has 0 bridgehead atoms. The van der Waals surface area contributed by atoms with E-state index in [4.69, 9.17) is 4.52 Å². The van der Waals surface area contributed by atoms with Crippen LogP contribution in [0.3, 0.4) is 0 Å². The highest BCUT2D eigenvalue weighted by molar-refractivity contribution is 7.12. The lowest BCUT2D eigenvalue weighted by Crippen LogP contribution is -2.39. The van der Waals surface area contributed by atoms with Gasteiger partial charge in [-0.15, -0.1) is 11.3 Å². The third kappa shape index (κ3) is 2.47. The molecule has 1 aliphatic heterocycles. The molecule has 5 nitrogen and oxygen atoms in total. The lowest BCUT2D eigenvalue weighted by molar-refractivity contribution is 0.0708. The van der Waals surface area contributed by atoms with Gasteiger partial charge in [0, 0.05) is 25.9 Å². The van der Waals surface area contributed by atoms with Gasteiger partial charge in [-0.25, -0.2) is 0 Å². The Balaban J connectivity index is 1.75. The summed E-state index contributed by atoms with van der Waals surface area (Å²) in [4.78, 5) is 19.6. The second kappa shape index (κ2) is 5.36. The second-order valence-corrected chi connectivity index (χ2v) is 6.11. The maximum Gasteiger partial charge on any atom is 0.264 e. The van der Waals surface area contributed by atoms with Crippen LogP contribution in [0.15, 0.2) is 16.0 Å². The van der Waals surface area contributed by atoms with E-state index in [0.717, 1.165) is 35.7 Å². The lowest BCUT2D eigenvalue weighted by Gasteiger charge is -2.31. The predicted octanol–water partition coefficient (Wildman–Crippen LogP) is 2.77. The molecule has 0 saturated carbocycles. The highest BCUT2D eigenvalue weighted by Crippen LogP contribution is 2.27. The quantitative estimate of drug-likeness (QED) is 0.853. The Labute approximate surface area is 121 Å². The van der Waals surface area contributed by atoms with Crippen molar-refractivity contribution in [1.29, 1.82) is 0 Å². The van der Waals surface area contributed by atoms with Crippen LogP contribution in [-0.2, 0) is 0 Å². The minimum absolute atomic E-state index is 0.127. The Morgan fingerprint density at radius 1 is 1.50 bits per heavy atom. The number of hydrogen-bond acceptors (Lipinski definition) is 5. The van der Waals surface area contributed by atoms with Crippen molar-refractivity contribution < 1.29 is 9.32 Å². The topological polar surface area (TPSA) is 59.2 Å². The molecule has 1 unspecified atom stereocenters. The zero-order chi connectivity index (χ0) is 14.1. The van der Waals surface area contributed by atoms with Gasteiger partial charge in [-0.2, -0.15) is 4.98 Å². The summed E-state index contributed by atoms with van der Waals surface area (Å²) in [6.45, 7) is 5.25. The standard InChI is InChI=1S/C14H17N3O2S/c1-9-5-7-20-12(9)14(18)17-6-3-4-11(8-17)13-15-10(2)19-16-13/h5,7,11H,3-4,6,8H2,1-2H3. The molecule has 1 fully saturated rings. The van der Waals surface area contributed by atoms with Gasteiger partial charge < -0.3 is 9.42 Å². The van der Waals surface area contributed by atoms with Crippen LogP contribution in [0.4, 0.5) is 0 Å². The van der Waals surface area contributed by atoms with E-state index in [9.17, 15) is 4.79 Å². The fraction of sp³-hybridized carbons (Fsp3) is 0.500. The van der Waals surface area contributed by atoms with Gasteiger partial charge in [-0.3, -0.25) is 4.79 Å². The summed E-state index contributed by atoms with van der Waals surface area (Å²) in [6.07, 6.45) is 1.99. The van der Waals surface area contributed by atoms with Crippen molar-refractivity contribution in [3.63, 3.8) is 0 Å². The summed E-state index contributed by atoms with van der Waals surface area (Å²) in [5.41, 5.74) is 1.05. The van der Waals surface area contributed by atoms with E-state index in [1.165, 1.54) is 11.3 Å². The van der Waals surface area contributed by atoms with E-state index in [2.05, 4.69) is 10.1 Å². The molecule has 1 aliphatic rings. The summed E-state index contributed by atoms with van der Waals surface area (Å²) >= 11 is 1.51. The number of carbonyl (C=O) groups excluding carboxylic acids is 1. The molecule has 2 aromatic heterocycles. The average Bonchev–Trinajstić information content (AvgIpc) is 3.07. The fourth-order valence-electron chi connectivity index (χ4n) is 2.59. The number of nitrogens with zero attached hydrogens (tertiary/aromatic N) is 3. The van der Waals surface area contributed by atoms with Gasteiger partial charge in [0.15, 0.2) is 5.82 Å². The van der Waals surface area contributed by atoms with Crippen molar-refractivity contribution in [2.45, 2.75) is 32.6 Å². The lowest BCUT2D eigenvalue weighted by atomic mass is 9.97. The Morgan fingerprint density at radius 2 is 2.35 bits per heavy atom. The van der Waals surface area contributed by atoms with Crippen LogP contribution in [0.1, 0.15) is 45.7 Å². The number of piperidine rings is 1. The first-order valence-electron chi connectivity index (χ1n) is 6.78. The smallest absolute Gasteiger partial charge is 0.264 e. The normalized spacial score (nSPS) is 19.3. The molecular formula is C14H17N3O2S. The molecule has 1 amide bonds. The Hall–Kier alpha value is -1.69. The molecule has 106 valence electrons. The van der Waals surface area contributed by atoms with Crippen molar-refractivity contribution in [2.75, 3.05) is 13.1 Å². The largest absolute Gasteiger partial charge is 0.340 e. The zero-order valence-electron chi connectivity index (χ0n) is 11.6. The number of amides is 1. The van der Waals surface area contributed by atoms with Crippen molar-refractivity contribution in [3.05, 3.63) is 33.6 Å². The zero-order valence-corrected chi connectivity index (χ0v) is 12.4. The monoisotopic (exact) mass is 291 g/mol. The van der Waals surface area contributed by atoms with Gasteiger partial charge in [0.1, 0.15) is 0 Å². The third-order valence-corrected chi connectivity index (χ3v) is 4.68. The summed E-state index contributed by atoms with van der Waals surface area (Å²) in [6, 6.07) is 1.99. The molecule has 0 spiro atoms. The molecular weight excluding hydrogens is 274 g/mol. The van der Waals surface area contributed by atoms with Crippen LogP contribution in [0.2, 0.25) is 0 Å². The highest BCUT2D eigenvalue weighted by atomic mass is 32.1. The number of thiophene rings is 1. The van der Waals surface area contributed by atoms with Gasteiger partial charge in [0.25, 0.3) is 5.91 Å². The molecule has 6 heteroatoms. The Bertz CT molecular complexity index is 619. The van der Waals surface area contributed by atoms with Gasteiger partial charge in [0.05, 0.1) is 4.88 Å². The molecule has 3 heterocycles. The molecule has 0 radical (unpaired) electrons. The maximum absolute atomic E-state index is 12.5. The summed E-state index contributed by atoms with van der Waals surface area (Å²) in [5, 5.41) is 5.96. The van der Waals surface area contributed by atoms with Crippen LogP contribution >= 0.6 is 11.3 Å². The van der Waals surface area contributed by atoms with Crippen LogP contribution in [0.25, 0.3) is 0 Å². The van der Waals surface area contributed by atoms with E-state index >= 15 is 0 Å². The van der Waals surface area contributed by atoms with E-state index in [1.54, 1.807) is 6.92 Å². The maximum atomic E-state index is 12.5. The van der Waals surface area contributed by atoms with Gasteiger partial charge in [0.2, 0.25) is 5.89 Å². The SMILES string of the molecule is Cc1nc(C2CCCN(C(=O)c3sccc3C)C2)no1. The summed E-state index contributed by atoms with van der Waals surface area (Å²) in [7, 11) is 0. The first-order chi connectivity index (χ1) is 9.65. The van der Waals surface area contributed by atoms with Gasteiger partial charge in [-0.1, -0.05) is 5.16 Å². The van der Waals surface area contributed by atoms with E-state index in [-0.39, 0.29) is 11.8 Å². The molecule has 3 rings (SSSR count). The molecule has 0 aliphatic carbocycles. The van der Waals surface area contributed by atoms with Crippen molar-refractivity contribution in [2.24, 2.45) is 0 Å². The molecule has 0 N–H and O–H groups in total. The Kier molecular flexibility index (Phi) is 3.56. The molecule has 0 aromatic carbocycles. The minimum atomic E-state index is 0.127. The molecule has 1 atom stereocenters. The minimum Gasteiger partial charge on any atom is -0.340 e. The predicted molar refractivity (Wildman–Crippen MR) is 76.0 cm³/mol.